The molecule has 0 aliphatic heterocycles. The molecule has 27 heavy (non-hydrogen) atoms. The first kappa shape index (κ1) is 19.5. The Balaban J connectivity index is 2.18. The molecule has 0 unspecified atom stereocenters. The van der Waals surface area contributed by atoms with Crippen molar-refractivity contribution in [3.05, 3.63) is 54.6 Å². The van der Waals surface area contributed by atoms with Crippen molar-refractivity contribution in [2.45, 2.75) is 19.5 Å². The molecule has 0 saturated heterocycles. The fourth-order valence-corrected chi connectivity index (χ4v) is 3.27. The van der Waals surface area contributed by atoms with E-state index >= 15 is 0 Å². The van der Waals surface area contributed by atoms with Gasteiger partial charge >= 0.3 is 5.69 Å². The van der Waals surface area contributed by atoms with E-state index in [-0.39, 0.29) is 30.4 Å². The Morgan fingerprint density at radius 2 is 1.93 bits per heavy atom. The fraction of sp³-hybridized carbons (Fsp3) is 0.353. The van der Waals surface area contributed by atoms with Crippen LogP contribution < -0.4 is 16.6 Å². The van der Waals surface area contributed by atoms with Gasteiger partial charge in [0.25, 0.3) is 5.56 Å². The first-order valence-electron chi connectivity index (χ1n) is 8.22. The number of fused-ring (bicyclic) bond motifs is 1. The van der Waals surface area contributed by atoms with Gasteiger partial charge in [0.05, 0.1) is 13.2 Å². The number of anilines is 1. The third-order valence-corrected chi connectivity index (χ3v) is 4.94. The number of aryl methyl sites for hydroxylation is 2. The summed E-state index contributed by atoms with van der Waals surface area (Å²) in [4.78, 5) is 30.1. The highest BCUT2D eigenvalue weighted by molar-refractivity contribution is 6.35. The lowest BCUT2D eigenvalue weighted by atomic mass is 10.2. The van der Waals surface area contributed by atoms with Gasteiger partial charge in [-0.3, -0.25) is 13.9 Å². The minimum Gasteiger partial charge on any atom is -0.394 e. The average molecular weight is 412 g/mol. The number of rotatable bonds is 5. The van der Waals surface area contributed by atoms with Gasteiger partial charge in [0, 0.05) is 30.2 Å². The Labute approximate surface area is 164 Å². The van der Waals surface area contributed by atoms with Crippen molar-refractivity contribution in [1.29, 1.82) is 0 Å². The van der Waals surface area contributed by atoms with Crippen LogP contribution in [0.4, 0.5) is 5.95 Å². The smallest absolute Gasteiger partial charge is 0.332 e. The molecule has 2 heterocycles. The fourth-order valence-electron chi connectivity index (χ4n) is 2.80. The summed E-state index contributed by atoms with van der Waals surface area (Å²) in [6.07, 6.45) is 0. The SMILES string of the molecule is C[C@H](CO)Nc1nc2c(c(=O)n(Cc3ccc(Cl)cc3Cl)c(=O)n2C)n1C. The zero-order valence-corrected chi connectivity index (χ0v) is 16.5. The minimum absolute atomic E-state index is 0.0123. The van der Waals surface area contributed by atoms with E-state index in [9.17, 15) is 14.7 Å². The average Bonchev–Trinajstić information content (AvgIpc) is 2.95. The molecule has 0 amide bonds. The second-order valence-electron chi connectivity index (χ2n) is 6.36. The molecule has 1 aromatic carbocycles. The van der Waals surface area contributed by atoms with Crippen LogP contribution in [0.15, 0.2) is 27.8 Å². The molecule has 144 valence electrons. The monoisotopic (exact) mass is 411 g/mol. The standard InChI is InChI=1S/C17H19Cl2N5O3/c1-9(8-25)20-16-21-14-13(22(16)2)15(26)24(17(27)23(14)3)7-10-4-5-11(18)6-12(10)19/h4-6,9,25H,7-8H2,1-3H3,(H,20,21)/t9-/m1/s1. The van der Waals surface area contributed by atoms with Crippen LogP contribution in [-0.4, -0.2) is 36.4 Å². The van der Waals surface area contributed by atoms with Crippen molar-refractivity contribution in [2.75, 3.05) is 11.9 Å². The molecular formula is C17H19Cl2N5O3. The van der Waals surface area contributed by atoms with Crippen LogP contribution in [0.25, 0.3) is 11.2 Å². The number of aromatic nitrogens is 4. The lowest BCUT2D eigenvalue weighted by molar-refractivity contribution is 0.281. The lowest BCUT2D eigenvalue weighted by Gasteiger charge is -2.11. The number of nitrogens with zero attached hydrogens (tertiary/aromatic N) is 4. The Morgan fingerprint density at radius 3 is 2.56 bits per heavy atom. The summed E-state index contributed by atoms with van der Waals surface area (Å²) in [6, 6.07) is 4.64. The van der Waals surface area contributed by atoms with Crippen molar-refractivity contribution in [3.63, 3.8) is 0 Å². The molecule has 0 fully saturated rings. The van der Waals surface area contributed by atoms with Crippen molar-refractivity contribution >= 4 is 40.3 Å². The van der Waals surface area contributed by atoms with E-state index in [2.05, 4.69) is 10.3 Å². The number of imidazole rings is 1. The topological polar surface area (TPSA) is 94.1 Å². The maximum atomic E-state index is 13.0. The number of nitrogens with one attached hydrogen (secondary N) is 1. The van der Waals surface area contributed by atoms with Crippen LogP contribution >= 0.6 is 23.2 Å². The molecule has 10 heteroatoms. The zero-order valence-electron chi connectivity index (χ0n) is 15.0. The van der Waals surface area contributed by atoms with E-state index in [0.717, 1.165) is 4.57 Å². The molecule has 0 aliphatic carbocycles. The predicted molar refractivity (Wildman–Crippen MR) is 106 cm³/mol. The number of aliphatic hydroxyl groups is 1. The lowest BCUT2D eigenvalue weighted by Crippen LogP contribution is -2.39. The summed E-state index contributed by atoms with van der Waals surface area (Å²) in [5, 5.41) is 13.1. The quantitative estimate of drug-likeness (QED) is 0.664. The van der Waals surface area contributed by atoms with E-state index in [4.69, 9.17) is 23.2 Å². The maximum absolute atomic E-state index is 13.0. The third kappa shape index (κ3) is 3.47. The number of aliphatic hydroxyl groups excluding tert-OH is 1. The van der Waals surface area contributed by atoms with Crippen molar-refractivity contribution in [3.8, 4) is 0 Å². The van der Waals surface area contributed by atoms with Crippen LogP contribution in [-0.2, 0) is 20.6 Å². The van der Waals surface area contributed by atoms with Crippen LogP contribution in [0.2, 0.25) is 10.0 Å². The van der Waals surface area contributed by atoms with Crippen molar-refractivity contribution in [2.24, 2.45) is 14.1 Å². The molecule has 0 bridgehead atoms. The van der Waals surface area contributed by atoms with Gasteiger partial charge in [-0.05, 0) is 24.6 Å². The molecule has 0 aliphatic rings. The predicted octanol–water partition coefficient (Wildman–Crippen LogP) is 1.58. The summed E-state index contributed by atoms with van der Waals surface area (Å²) in [6.45, 7) is 1.69. The highest BCUT2D eigenvalue weighted by atomic mass is 35.5. The van der Waals surface area contributed by atoms with Crippen LogP contribution in [0.5, 0.6) is 0 Å². The van der Waals surface area contributed by atoms with Crippen molar-refractivity contribution < 1.29 is 5.11 Å². The first-order valence-corrected chi connectivity index (χ1v) is 8.97. The van der Waals surface area contributed by atoms with E-state index in [0.29, 0.717) is 21.6 Å². The Morgan fingerprint density at radius 1 is 1.22 bits per heavy atom. The number of benzene rings is 1. The molecule has 3 aromatic rings. The van der Waals surface area contributed by atoms with Gasteiger partial charge in [-0.25, -0.2) is 4.79 Å². The molecule has 8 nitrogen and oxygen atoms in total. The summed E-state index contributed by atoms with van der Waals surface area (Å²) < 4.78 is 4.00. The molecular weight excluding hydrogens is 393 g/mol. The van der Waals surface area contributed by atoms with Crippen LogP contribution in [0.3, 0.4) is 0 Å². The summed E-state index contributed by atoms with van der Waals surface area (Å²) >= 11 is 12.1. The Kier molecular flexibility index (Phi) is 5.32. The van der Waals surface area contributed by atoms with E-state index < -0.39 is 11.2 Å². The largest absolute Gasteiger partial charge is 0.394 e. The van der Waals surface area contributed by atoms with Gasteiger partial charge in [0.2, 0.25) is 5.95 Å². The van der Waals surface area contributed by atoms with Gasteiger partial charge in [0.15, 0.2) is 11.2 Å². The van der Waals surface area contributed by atoms with E-state index in [1.54, 1.807) is 43.8 Å². The zero-order chi connectivity index (χ0) is 19.9. The van der Waals surface area contributed by atoms with Gasteiger partial charge in [-0.1, -0.05) is 29.3 Å². The van der Waals surface area contributed by atoms with Crippen molar-refractivity contribution in [1.82, 2.24) is 18.7 Å². The molecule has 0 radical (unpaired) electrons. The number of hydrogen-bond acceptors (Lipinski definition) is 5. The molecule has 2 N–H and O–H groups in total. The molecule has 1 atom stereocenters. The summed E-state index contributed by atoms with van der Waals surface area (Å²) in [7, 11) is 3.23. The van der Waals surface area contributed by atoms with Crippen LogP contribution in [0.1, 0.15) is 12.5 Å². The Hall–Kier alpha value is -2.29. The van der Waals surface area contributed by atoms with Gasteiger partial charge in [-0.2, -0.15) is 4.98 Å². The maximum Gasteiger partial charge on any atom is 0.332 e. The second-order valence-corrected chi connectivity index (χ2v) is 7.21. The third-order valence-electron chi connectivity index (χ3n) is 4.35. The Bertz CT molecular complexity index is 1130. The number of halogens is 2. The van der Waals surface area contributed by atoms with Gasteiger partial charge < -0.3 is 15.0 Å². The first-order chi connectivity index (χ1) is 12.7. The highest BCUT2D eigenvalue weighted by Crippen LogP contribution is 2.21. The number of hydrogen-bond donors (Lipinski definition) is 2. The van der Waals surface area contributed by atoms with E-state index in [1.807, 2.05) is 0 Å². The minimum atomic E-state index is -0.502. The summed E-state index contributed by atoms with van der Waals surface area (Å²) in [5.41, 5.74) is 0.166. The second kappa shape index (κ2) is 7.38. The molecule has 0 saturated carbocycles. The normalized spacial score (nSPS) is 12.5. The molecule has 2 aromatic heterocycles. The molecule has 3 rings (SSSR count). The van der Waals surface area contributed by atoms with E-state index in [1.165, 1.54) is 4.57 Å². The summed E-state index contributed by atoms with van der Waals surface area (Å²) in [5.74, 6) is 0.390. The van der Waals surface area contributed by atoms with Gasteiger partial charge in [-0.15, -0.1) is 0 Å². The van der Waals surface area contributed by atoms with Crippen LogP contribution in [0, 0.1) is 0 Å². The van der Waals surface area contributed by atoms with Gasteiger partial charge in [0.1, 0.15) is 0 Å². The molecule has 0 spiro atoms. The highest BCUT2D eigenvalue weighted by Gasteiger charge is 2.19.